The third kappa shape index (κ3) is 4.92. The first-order valence-electron chi connectivity index (χ1n) is 9.71. The Labute approximate surface area is 178 Å². The van der Waals surface area contributed by atoms with Gasteiger partial charge in [-0.15, -0.1) is 0 Å². The molecule has 4 rings (SSSR count). The summed E-state index contributed by atoms with van der Waals surface area (Å²) in [5.74, 6) is 0.0247. The Morgan fingerprint density at radius 3 is 2.65 bits per heavy atom. The highest BCUT2D eigenvalue weighted by atomic mass is 19.1. The van der Waals surface area contributed by atoms with Crippen molar-refractivity contribution < 1.29 is 9.18 Å². The van der Waals surface area contributed by atoms with Crippen molar-refractivity contribution in [2.75, 3.05) is 5.73 Å². The zero-order chi connectivity index (χ0) is 21.8. The van der Waals surface area contributed by atoms with Crippen LogP contribution in [-0.4, -0.2) is 25.7 Å². The molecule has 31 heavy (non-hydrogen) atoms. The summed E-state index contributed by atoms with van der Waals surface area (Å²) < 4.78 is 15.1. The van der Waals surface area contributed by atoms with Gasteiger partial charge in [-0.05, 0) is 59.7 Å². The molecule has 0 spiro atoms. The van der Waals surface area contributed by atoms with E-state index in [0.29, 0.717) is 24.6 Å². The SMILES string of the molecule is CC(=O)NCc1cnc(-c2ccc(F)cc2)cc1-c1ccn(Cc2ccnc(N)c2)n1. The van der Waals surface area contributed by atoms with E-state index in [2.05, 4.69) is 15.3 Å². The number of nitrogens with one attached hydrogen (secondary N) is 1. The molecule has 0 unspecified atom stereocenters. The number of aromatic nitrogens is 4. The fourth-order valence-corrected chi connectivity index (χ4v) is 3.23. The van der Waals surface area contributed by atoms with Crippen molar-refractivity contribution in [2.45, 2.75) is 20.0 Å². The van der Waals surface area contributed by atoms with Crippen LogP contribution in [0.2, 0.25) is 0 Å². The van der Waals surface area contributed by atoms with Crippen LogP contribution in [0.3, 0.4) is 0 Å². The Kier molecular flexibility index (Phi) is 5.70. The molecule has 7 nitrogen and oxygen atoms in total. The third-order valence-electron chi connectivity index (χ3n) is 4.76. The normalized spacial score (nSPS) is 10.8. The minimum atomic E-state index is -0.304. The lowest BCUT2D eigenvalue weighted by molar-refractivity contribution is -0.119. The second kappa shape index (κ2) is 8.74. The first kappa shape index (κ1) is 20.2. The van der Waals surface area contributed by atoms with Crippen LogP contribution in [0.15, 0.2) is 67.1 Å². The molecular formula is C23H21FN6O. The summed E-state index contributed by atoms with van der Waals surface area (Å²) in [4.78, 5) is 19.9. The summed E-state index contributed by atoms with van der Waals surface area (Å²) in [6.07, 6.45) is 5.26. The molecule has 3 heterocycles. The molecule has 0 saturated carbocycles. The quantitative estimate of drug-likeness (QED) is 0.502. The Morgan fingerprint density at radius 1 is 1.10 bits per heavy atom. The number of rotatable bonds is 6. The summed E-state index contributed by atoms with van der Waals surface area (Å²) in [5, 5.41) is 7.50. The molecule has 8 heteroatoms. The summed E-state index contributed by atoms with van der Waals surface area (Å²) in [6.45, 7) is 2.34. The molecule has 1 aromatic carbocycles. The lowest BCUT2D eigenvalue weighted by Crippen LogP contribution is -2.19. The number of hydrogen-bond acceptors (Lipinski definition) is 5. The van der Waals surface area contributed by atoms with Gasteiger partial charge >= 0.3 is 0 Å². The van der Waals surface area contributed by atoms with Crippen molar-refractivity contribution in [1.29, 1.82) is 0 Å². The van der Waals surface area contributed by atoms with E-state index in [0.717, 1.165) is 27.9 Å². The number of amides is 1. The van der Waals surface area contributed by atoms with Crippen LogP contribution in [-0.2, 0) is 17.9 Å². The van der Waals surface area contributed by atoms with Crippen LogP contribution in [0.25, 0.3) is 22.5 Å². The van der Waals surface area contributed by atoms with Gasteiger partial charge in [-0.1, -0.05) is 0 Å². The molecule has 4 aromatic rings. The third-order valence-corrected chi connectivity index (χ3v) is 4.76. The van der Waals surface area contributed by atoms with E-state index in [-0.39, 0.29) is 11.7 Å². The molecule has 0 atom stereocenters. The highest BCUT2D eigenvalue weighted by molar-refractivity contribution is 5.74. The Bertz CT molecular complexity index is 1220. The molecule has 1 amide bonds. The maximum Gasteiger partial charge on any atom is 0.217 e. The summed E-state index contributed by atoms with van der Waals surface area (Å²) in [6, 6.07) is 13.7. The topological polar surface area (TPSA) is 98.7 Å². The zero-order valence-corrected chi connectivity index (χ0v) is 16.9. The number of hydrogen-bond donors (Lipinski definition) is 2. The predicted molar refractivity (Wildman–Crippen MR) is 116 cm³/mol. The minimum absolute atomic E-state index is 0.130. The number of nitrogens with zero attached hydrogens (tertiary/aromatic N) is 4. The van der Waals surface area contributed by atoms with Crippen molar-refractivity contribution in [3.8, 4) is 22.5 Å². The van der Waals surface area contributed by atoms with Crippen molar-refractivity contribution in [3.05, 3.63) is 84.1 Å². The van der Waals surface area contributed by atoms with Crippen molar-refractivity contribution in [2.24, 2.45) is 0 Å². The van der Waals surface area contributed by atoms with Crippen molar-refractivity contribution in [3.63, 3.8) is 0 Å². The second-order valence-electron chi connectivity index (χ2n) is 7.13. The predicted octanol–water partition coefficient (Wildman–Crippen LogP) is 3.41. The molecule has 0 aliphatic heterocycles. The Balaban J connectivity index is 1.68. The largest absolute Gasteiger partial charge is 0.384 e. The number of carbonyl (C=O) groups is 1. The van der Waals surface area contributed by atoms with Gasteiger partial charge < -0.3 is 11.1 Å². The van der Waals surface area contributed by atoms with Crippen molar-refractivity contribution in [1.82, 2.24) is 25.1 Å². The van der Waals surface area contributed by atoms with Gasteiger partial charge in [0.25, 0.3) is 0 Å². The second-order valence-corrected chi connectivity index (χ2v) is 7.13. The van der Waals surface area contributed by atoms with Crippen molar-refractivity contribution >= 4 is 11.7 Å². The summed E-state index contributed by atoms with van der Waals surface area (Å²) in [7, 11) is 0. The van der Waals surface area contributed by atoms with Gasteiger partial charge in [-0.3, -0.25) is 14.5 Å². The number of nitrogens with two attached hydrogens (primary N) is 1. The number of halogens is 1. The maximum absolute atomic E-state index is 13.3. The van der Waals surface area contributed by atoms with E-state index in [1.807, 2.05) is 35.1 Å². The molecule has 0 aliphatic rings. The fourth-order valence-electron chi connectivity index (χ4n) is 3.23. The number of anilines is 1. The van der Waals surface area contributed by atoms with E-state index >= 15 is 0 Å². The summed E-state index contributed by atoms with van der Waals surface area (Å²) in [5.41, 5.74) is 10.7. The number of pyridine rings is 2. The highest BCUT2D eigenvalue weighted by Crippen LogP contribution is 2.27. The molecule has 0 radical (unpaired) electrons. The Hall–Kier alpha value is -4.07. The van der Waals surface area contributed by atoms with Crippen LogP contribution >= 0.6 is 0 Å². The zero-order valence-electron chi connectivity index (χ0n) is 16.9. The van der Waals surface area contributed by atoms with Crippen LogP contribution in [0.5, 0.6) is 0 Å². The van der Waals surface area contributed by atoms with E-state index in [4.69, 9.17) is 10.8 Å². The standard InChI is InChI=1S/C23H21FN6O/c1-15(31)27-12-18-13-28-22(17-2-4-19(24)5-3-17)11-20(18)21-7-9-30(29-21)14-16-6-8-26-23(25)10-16/h2-11,13H,12,14H2,1H3,(H2,25,26)(H,27,31). The number of benzene rings is 1. The highest BCUT2D eigenvalue weighted by Gasteiger charge is 2.13. The number of nitrogen functional groups attached to an aromatic ring is 1. The smallest absolute Gasteiger partial charge is 0.217 e. The molecule has 3 aromatic heterocycles. The molecule has 3 N–H and O–H groups in total. The first-order valence-corrected chi connectivity index (χ1v) is 9.71. The maximum atomic E-state index is 13.3. The van der Waals surface area contributed by atoms with E-state index in [9.17, 15) is 9.18 Å². The van der Waals surface area contributed by atoms with E-state index in [1.165, 1.54) is 19.1 Å². The van der Waals surface area contributed by atoms with Gasteiger partial charge in [0.05, 0.1) is 17.9 Å². The molecule has 0 bridgehead atoms. The Morgan fingerprint density at radius 2 is 1.90 bits per heavy atom. The van der Waals surface area contributed by atoms with Crippen LogP contribution in [0, 0.1) is 5.82 Å². The molecule has 0 saturated heterocycles. The van der Waals surface area contributed by atoms with Crippen LogP contribution in [0.1, 0.15) is 18.1 Å². The van der Waals surface area contributed by atoms with Crippen LogP contribution in [0.4, 0.5) is 10.2 Å². The lowest BCUT2D eigenvalue weighted by atomic mass is 10.0. The van der Waals surface area contributed by atoms with Gasteiger partial charge in [-0.25, -0.2) is 9.37 Å². The molecule has 0 fully saturated rings. The molecular weight excluding hydrogens is 395 g/mol. The minimum Gasteiger partial charge on any atom is -0.384 e. The first-order chi connectivity index (χ1) is 15.0. The molecule has 156 valence electrons. The average Bonchev–Trinajstić information content (AvgIpc) is 3.21. The average molecular weight is 416 g/mol. The van der Waals surface area contributed by atoms with Gasteiger partial charge in [-0.2, -0.15) is 5.10 Å². The van der Waals surface area contributed by atoms with Gasteiger partial charge in [0.15, 0.2) is 0 Å². The summed E-state index contributed by atoms with van der Waals surface area (Å²) >= 11 is 0. The number of carbonyl (C=O) groups excluding carboxylic acids is 1. The van der Waals surface area contributed by atoms with Gasteiger partial charge in [0, 0.05) is 43.2 Å². The monoisotopic (exact) mass is 416 g/mol. The fraction of sp³-hybridized carbons (Fsp3) is 0.130. The van der Waals surface area contributed by atoms with Gasteiger partial charge in [0.2, 0.25) is 5.91 Å². The molecule has 0 aliphatic carbocycles. The van der Waals surface area contributed by atoms with Crippen LogP contribution < -0.4 is 11.1 Å². The lowest BCUT2D eigenvalue weighted by Gasteiger charge is -2.11. The van der Waals surface area contributed by atoms with E-state index < -0.39 is 0 Å². The van der Waals surface area contributed by atoms with E-state index in [1.54, 1.807) is 24.5 Å². The van der Waals surface area contributed by atoms with Gasteiger partial charge in [0.1, 0.15) is 11.6 Å².